The summed E-state index contributed by atoms with van der Waals surface area (Å²) in [6.07, 6.45) is 5.31. The Hall–Kier alpha value is -1.73. The van der Waals surface area contributed by atoms with Crippen LogP contribution in [0.2, 0.25) is 0 Å². The second-order valence-corrected chi connectivity index (χ2v) is 5.39. The van der Waals surface area contributed by atoms with E-state index < -0.39 is 0 Å². The fourth-order valence-electron chi connectivity index (χ4n) is 2.77. The predicted molar refractivity (Wildman–Crippen MR) is 85.4 cm³/mol. The summed E-state index contributed by atoms with van der Waals surface area (Å²) in [5.74, 6) is 6.97. The zero-order valence-electron chi connectivity index (χ0n) is 13.2. The van der Waals surface area contributed by atoms with Gasteiger partial charge in [0.05, 0.1) is 0 Å². The first-order valence-electron chi connectivity index (χ1n) is 7.71. The first-order chi connectivity index (χ1) is 9.70. The molecular weight excluding hydrogens is 242 g/mol. The van der Waals surface area contributed by atoms with Crippen LogP contribution in [-0.2, 0) is 0 Å². The topological polar surface area (TPSA) is 23.8 Å². The molecule has 0 radical (unpaired) electrons. The third-order valence-corrected chi connectivity index (χ3v) is 3.99. The van der Waals surface area contributed by atoms with Crippen LogP contribution in [-0.4, -0.2) is 0 Å². The summed E-state index contributed by atoms with van der Waals surface area (Å²) in [5, 5.41) is 8.48. The number of nitrogens with zero attached hydrogens (tertiary/aromatic N) is 1. The summed E-state index contributed by atoms with van der Waals surface area (Å²) in [6, 6.07) is 8.37. The molecule has 0 unspecified atom stereocenters. The summed E-state index contributed by atoms with van der Waals surface area (Å²) in [6.45, 7) is 8.43. The van der Waals surface area contributed by atoms with E-state index in [4.69, 9.17) is 5.26 Å². The van der Waals surface area contributed by atoms with Crippen LogP contribution in [0.3, 0.4) is 0 Å². The second-order valence-electron chi connectivity index (χ2n) is 5.39. The fourth-order valence-corrected chi connectivity index (χ4v) is 2.77. The van der Waals surface area contributed by atoms with Crippen LogP contribution in [0, 0.1) is 36.0 Å². The minimum absolute atomic E-state index is 0.720. The van der Waals surface area contributed by atoms with Gasteiger partial charge in [-0.25, -0.2) is 0 Å². The van der Waals surface area contributed by atoms with Gasteiger partial charge in [-0.3, -0.25) is 0 Å². The number of benzene rings is 1. The quantitative estimate of drug-likeness (QED) is 0.642. The molecule has 0 bridgehead atoms. The van der Waals surface area contributed by atoms with Crippen molar-refractivity contribution in [2.75, 3.05) is 0 Å². The Morgan fingerprint density at radius 1 is 1.10 bits per heavy atom. The highest BCUT2D eigenvalue weighted by Gasteiger charge is 2.19. The van der Waals surface area contributed by atoms with Gasteiger partial charge in [0.15, 0.2) is 6.07 Å². The Morgan fingerprint density at radius 2 is 1.75 bits per heavy atom. The van der Waals surface area contributed by atoms with Gasteiger partial charge < -0.3 is 0 Å². The molecule has 0 aromatic heterocycles. The molecule has 1 heteroatoms. The van der Waals surface area contributed by atoms with Crippen molar-refractivity contribution in [2.45, 2.75) is 59.3 Å². The smallest absolute Gasteiger partial charge is 0.152 e. The maximum atomic E-state index is 8.48. The third kappa shape index (κ3) is 4.43. The largest absolute Gasteiger partial charge is 0.183 e. The maximum Gasteiger partial charge on any atom is 0.152 e. The zero-order valence-corrected chi connectivity index (χ0v) is 13.2. The molecule has 1 aliphatic carbocycles. The van der Waals surface area contributed by atoms with Crippen LogP contribution in [0.5, 0.6) is 0 Å². The van der Waals surface area contributed by atoms with Crippen LogP contribution in [0.15, 0.2) is 18.2 Å². The van der Waals surface area contributed by atoms with E-state index in [1.54, 1.807) is 0 Å². The SMILES string of the molecule is CC.Cc1cc(C2CCC(C)CC2)ccc1C#CC#N. The van der Waals surface area contributed by atoms with E-state index in [-0.39, 0.29) is 0 Å². The van der Waals surface area contributed by atoms with Gasteiger partial charge in [0, 0.05) is 11.5 Å². The molecule has 1 aliphatic rings. The molecule has 0 spiro atoms. The Balaban J connectivity index is 0.000000956. The van der Waals surface area contributed by atoms with E-state index in [0.717, 1.165) is 17.4 Å². The highest BCUT2D eigenvalue weighted by molar-refractivity contribution is 5.45. The van der Waals surface area contributed by atoms with Crippen LogP contribution in [0.25, 0.3) is 0 Å². The van der Waals surface area contributed by atoms with Crippen molar-refractivity contribution < 1.29 is 0 Å². The van der Waals surface area contributed by atoms with Gasteiger partial charge in [-0.2, -0.15) is 5.26 Å². The molecule has 0 atom stereocenters. The number of rotatable bonds is 1. The molecule has 0 saturated heterocycles. The maximum absolute atomic E-state index is 8.48. The van der Waals surface area contributed by atoms with Crippen LogP contribution >= 0.6 is 0 Å². The first kappa shape index (κ1) is 16.3. The predicted octanol–water partition coefficient (Wildman–Crippen LogP) is 5.19. The standard InChI is InChI=1S/C17H19N.C2H6/c1-13-5-7-16(8-6-13)17-10-9-15(4-3-11-18)14(2)12-17;1-2/h9-10,12-13,16H,5-8H2,1-2H3;1-2H3. The molecule has 1 nitrogen and oxygen atoms in total. The number of aryl methyl sites for hydroxylation is 1. The molecule has 1 aromatic carbocycles. The van der Waals surface area contributed by atoms with Crippen LogP contribution in [0.4, 0.5) is 0 Å². The van der Waals surface area contributed by atoms with Crippen LogP contribution in [0.1, 0.15) is 69.1 Å². The van der Waals surface area contributed by atoms with E-state index in [0.29, 0.717) is 0 Å². The molecule has 1 fully saturated rings. The zero-order chi connectivity index (χ0) is 15.0. The Morgan fingerprint density at radius 3 is 2.30 bits per heavy atom. The lowest BCUT2D eigenvalue weighted by Gasteiger charge is -2.26. The van der Waals surface area contributed by atoms with E-state index in [2.05, 4.69) is 43.9 Å². The lowest BCUT2D eigenvalue weighted by molar-refractivity contribution is 0.348. The van der Waals surface area contributed by atoms with Crippen molar-refractivity contribution >= 4 is 0 Å². The lowest BCUT2D eigenvalue weighted by Crippen LogP contribution is -2.11. The molecule has 0 N–H and O–H groups in total. The normalized spacial score (nSPS) is 20.8. The van der Waals surface area contributed by atoms with Gasteiger partial charge in [0.1, 0.15) is 0 Å². The minimum atomic E-state index is 0.720. The molecule has 0 aliphatic heterocycles. The Kier molecular flexibility index (Phi) is 6.89. The summed E-state index contributed by atoms with van der Waals surface area (Å²) in [4.78, 5) is 0. The molecule has 20 heavy (non-hydrogen) atoms. The van der Waals surface area contributed by atoms with Crippen molar-refractivity contribution in [3.05, 3.63) is 34.9 Å². The van der Waals surface area contributed by atoms with Gasteiger partial charge in [0.25, 0.3) is 0 Å². The van der Waals surface area contributed by atoms with Crippen molar-refractivity contribution in [2.24, 2.45) is 5.92 Å². The highest BCUT2D eigenvalue weighted by atomic mass is 14.2. The van der Waals surface area contributed by atoms with Gasteiger partial charge in [0.2, 0.25) is 0 Å². The molecule has 0 amide bonds. The summed E-state index contributed by atoms with van der Waals surface area (Å²) >= 11 is 0. The average molecular weight is 267 g/mol. The Labute approximate surface area is 124 Å². The average Bonchev–Trinajstić information content (AvgIpc) is 2.49. The molecule has 1 aromatic rings. The van der Waals surface area contributed by atoms with Gasteiger partial charge in [-0.1, -0.05) is 51.7 Å². The number of hydrogen-bond acceptors (Lipinski definition) is 1. The van der Waals surface area contributed by atoms with E-state index in [1.165, 1.54) is 36.8 Å². The lowest BCUT2D eigenvalue weighted by atomic mass is 9.79. The van der Waals surface area contributed by atoms with Crippen molar-refractivity contribution in [1.29, 1.82) is 5.26 Å². The molecule has 0 heterocycles. The Bertz CT molecular complexity index is 517. The van der Waals surface area contributed by atoms with Gasteiger partial charge in [-0.15, -0.1) is 0 Å². The van der Waals surface area contributed by atoms with Crippen molar-refractivity contribution in [3.63, 3.8) is 0 Å². The monoisotopic (exact) mass is 267 g/mol. The molecule has 1 saturated carbocycles. The second kappa shape index (κ2) is 8.44. The molecule has 106 valence electrons. The van der Waals surface area contributed by atoms with E-state index in [9.17, 15) is 0 Å². The van der Waals surface area contributed by atoms with E-state index >= 15 is 0 Å². The summed E-state index contributed by atoms with van der Waals surface area (Å²) in [5.41, 5.74) is 3.61. The summed E-state index contributed by atoms with van der Waals surface area (Å²) < 4.78 is 0. The molecular formula is C19H25N. The van der Waals surface area contributed by atoms with E-state index in [1.807, 2.05) is 19.9 Å². The third-order valence-electron chi connectivity index (χ3n) is 3.99. The minimum Gasteiger partial charge on any atom is -0.183 e. The fraction of sp³-hybridized carbons (Fsp3) is 0.526. The van der Waals surface area contributed by atoms with Crippen molar-refractivity contribution in [3.8, 4) is 17.9 Å². The molecule has 2 rings (SSSR count). The first-order valence-corrected chi connectivity index (χ1v) is 7.71. The van der Waals surface area contributed by atoms with Gasteiger partial charge >= 0.3 is 0 Å². The van der Waals surface area contributed by atoms with Crippen molar-refractivity contribution in [1.82, 2.24) is 0 Å². The summed E-state index contributed by atoms with van der Waals surface area (Å²) in [7, 11) is 0. The van der Waals surface area contributed by atoms with Gasteiger partial charge in [-0.05, 0) is 48.8 Å². The van der Waals surface area contributed by atoms with Crippen LogP contribution < -0.4 is 0 Å². The highest BCUT2D eigenvalue weighted by Crippen LogP contribution is 2.35. The number of nitriles is 1. The number of hydrogen-bond donors (Lipinski definition) is 0.